The van der Waals surface area contributed by atoms with Crippen molar-refractivity contribution in [3.05, 3.63) is 114 Å². The molecule has 33 heavy (non-hydrogen) atoms. The van der Waals surface area contributed by atoms with E-state index in [1.807, 2.05) is 30.3 Å². The maximum Gasteiger partial charge on any atom is 0.416 e. The van der Waals surface area contributed by atoms with Crippen LogP contribution in [0.1, 0.15) is 27.2 Å². The molecular weight excluding hydrogens is 427 g/mol. The van der Waals surface area contributed by atoms with E-state index < -0.39 is 11.7 Å². The molecule has 166 valence electrons. The van der Waals surface area contributed by atoms with E-state index in [1.54, 1.807) is 30.5 Å². The quantitative estimate of drug-likeness (QED) is 0.383. The Morgan fingerprint density at radius 1 is 0.848 bits per heavy atom. The molecule has 0 atom stereocenters. The predicted octanol–water partition coefficient (Wildman–Crippen LogP) is 6.20. The Morgan fingerprint density at radius 2 is 1.58 bits per heavy atom. The first kappa shape index (κ1) is 22.2. The van der Waals surface area contributed by atoms with Gasteiger partial charge < -0.3 is 5.32 Å². The first-order valence-corrected chi connectivity index (χ1v) is 10.3. The molecule has 4 rings (SSSR count). The number of carbonyl (C=O) groups excluding carboxylic acids is 1. The van der Waals surface area contributed by atoms with Crippen LogP contribution in [-0.4, -0.2) is 15.9 Å². The zero-order chi connectivity index (χ0) is 23.3. The number of halogens is 3. The molecule has 0 aliphatic rings. The van der Waals surface area contributed by atoms with Crippen LogP contribution in [0.2, 0.25) is 0 Å². The molecule has 4 aromatic rings. The molecule has 1 N–H and O–H groups in total. The molecule has 3 aromatic carbocycles. The highest BCUT2D eigenvalue weighted by atomic mass is 19.4. The molecule has 1 aromatic heterocycles. The highest BCUT2D eigenvalue weighted by Crippen LogP contribution is 2.32. The molecule has 0 fully saturated rings. The van der Waals surface area contributed by atoms with Crippen LogP contribution in [0.5, 0.6) is 0 Å². The zero-order valence-electron chi connectivity index (χ0n) is 17.5. The molecule has 0 radical (unpaired) electrons. The average molecular weight is 447 g/mol. The molecule has 0 spiro atoms. The second kappa shape index (κ2) is 9.65. The monoisotopic (exact) mass is 447 g/mol. The third kappa shape index (κ3) is 5.63. The van der Waals surface area contributed by atoms with Crippen molar-refractivity contribution in [3.8, 4) is 11.1 Å². The molecule has 1 amide bonds. The third-order valence-electron chi connectivity index (χ3n) is 5.22. The number of nitrogens with zero attached hydrogens (tertiary/aromatic N) is 2. The van der Waals surface area contributed by atoms with E-state index in [1.165, 1.54) is 18.5 Å². The molecule has 4 nitrogen and oxygen atoms in total. The molecule has 0 bridgehead atoms. The number of hydrogen-bond donors (Lipinski definition) is 1. The summed E-state index contributed by atoms with van der Waals surface area (Å²) in [5, 5.41) is 2.87. The summed E-state index contributed by atoms with van der Waals surface area (Å²) in [6.07, 6.45) is 0.424. The number of carbonyl (C=O) groups is 1. The lowest BCUT2D eigenvalue weighted by Crippen LogP contribution is -2.13. The van der Waals surface area contributed by atoms with Gasteiger partial charge in [-0.3, -0.25) is 4.79 Å². The molecule has 0 saturated heterocycles. The number of aryl methyl sites for hydroxylation is 2. The summed E-state index contributed by atoms with van der Waals surface area (Å²) in [5.74, 6) is -0.334. The molecule has 7 heteroatoms. The Labute approximate surface area is 189 Å². The fraction of sp³-hybridized carbons (Fsp3) is 0.115. The van der Waals surface area contributed by atoms with Crippen LogP contribution >= 0.6 is 0 Å². The second-order valence-electron chi connectivity index (χ2n) is 7.47. The van der Waals surface area contributed by atoms with Crippen molar-refractivity contribution in [2.45, 2.75) is 19.0 Å². The number of aromatic nitrogens is 2. The van der Waals surface area contributed by atoms with Crippen LogP contribution in [-0.2, 0) is 19.0 Å². The van der Waals surface area contributed by atoms with Gasteiger partial charge in [0.15, 0.2) is 0 Å². The third-order valence-corrected chi connectivity index (χ3v) is 5.22. The van der Waals surface area contributed by atoms with Gasteiger partial charge in [-0.15, -0.1) is 0 Å². The van der Waals surface area contributed by atoms with Crippen LogP contribution in [0.25, 0.3) is 11.1 Å². The van der Waals surface area contributed by atoms with Gasteiger partial charge in [-0.1, -0.05) is 42.5 Å². The Balaban J connectivity index is 1.46. The van der Waals surface area contributed by atoms with Crippen molar-refractivity contribution in [3.63, 3.8) is 0 Å². The Bertz CT molecular complexity index is 1220. The van der Waals surface area contributed by atoms with E-state index >= 15 is 0 Å². The number of amides is 1. The van der Waals surface area contributed by atoms with Gasteiger partial charge in [0.25, 0.3) is 5.91 Å². The molecule has 0 aliphatic carbocycles. The maximum absolute atomic E-state index is 12.9. The van der Waals surface area contributed by atoms with Crippen LogP contribution < -0.4 is 5.32 Å². The van der Waals surface area contributed by atoms with Crippen LogP contribution in [0, 0.1) is 0 Å². The van der Waals surface area contributed by atoms with E-state index in [0.29, 0.717) is 22.4 Å². The molecule has 0 unspecified atom stereocenters. The second-order valence-corrected chi connectivity index (χ2v) is 7.47. The smallest absolute Gasteiger partial charge is 0.322 e. The van der Waals surface area contributed by atoms with Gasteiger partial charge in [-0.2, -0.15) is 13.2 Å². The van der Waals surface area contributed by atoms with Crippen molar-refractivity contribution < 1.29 is 18.0 Å². The lowest BCUT2D eigenvalue weighted by atomic mass is 9.98. The summed E-state index contributed by atoms with van der Waals surface area (Å²) in [6.45, 7) is 0. The number of benzene rings is 3. The van der Waals surface area contributed by atoms with Gasteiger partial charge in [0.05, 0.1) is 5.56 Å². The number of anilines is 1. The lowest BCUT2D eigenvalue weighted by molar-refractivity contribution is -0.137. The summed E-state index contributed by atoms with van der Waals surface area (Å²) in [4.78, 5) is 21.0. The molecule has 1 heterocycles. The van der Waals surface area contributed by atoms with Gasteiger partial charge >= 0.3 is 6.18 Å². The minimum absolute atomic E-state index is 0.334. The van der Waals surface area contributed by atoms with Crippen molar-refractivity contribution in [1.82, 2.24) is 9.97 Å². The van der Waals surface area contributed by atoms with Crippen molar-refractivity contribution in [2.24, 2.45) is 0 Å². The number of alkyl halides is 3. The number of hydrogen-bond acceptors (Lipinski definition) is 3. The first-order valence-electron chi connectivity index (χ1n) is 10.3. The fourth-order valence-electron chi connectivity index (χ4n) is 3.46. The Morgan fingerprint density at radius 3 is 2.24 bits per heavy atom. The van der Waals surface area contributed by atoms with Crippen LogP contribution in [0.15, 0.2) is 91.4 Å². The van der Waals surface area contributed by atoms with E-state index in [9.17, 15) is 18.0 Å². The summed E-state index contributed by atoms with van der Waals surface area (Å²) in [5.41, 5.74) is 3.45. The zero-order valence-corrected chi connectivity index (χ0v) is 17.5. The minimum atomic E-state index is -4.41. The highest BCUT2D eigenvalue weighted by Gasteiger charge is 2.30. The summed E-state index contributed by atoms with van der Waals surface area (Å²) in [6, 6.07) is 21.0. The summed E-state index contributed by atoms with van der Waals surface area (Å²) < 4.78 is 38.6. The van der Waals surface area contributed by atoms with Gasteiger partial charge in [-0.25, -0.2) is 9.97 Å². The van der Waals surface area contributed by atoms with Crippen LogP contribution in [0.4, 0.5) is 18.9 Å². The largest absolute Gasteiger partial charge is 0.416 e. The SMILES string of the molecule is O=C(Nc1ccc(CCc2ccncn2)cc1)c1ccccc1-c1ccc(C(F)(F)F)cc1. The number of rotatable bonds is 6. The highest BCUT2D eigenvalue weighted by molar-refractivity contribution is 6.08. The van der Waals surface area contributed by atoms with Crippen molar-refractivity contribution in [2.75, 3.05) is 5.32 Å². The summed E-state index contributed by atoms with van der Waals surface area (Å²) >= 11 is 0. The summed E-state index contributed by atoms with van der Waals surface area (Å²) in [7, 11) is 0. The van der Waals surface area contributed by atoms with Gasteiger partial charge in [0.2, 0.25) is 0 Å². The normalized spacial score (nSPS) is 11.2. The fourth-order valence-corrected chi connectivity index (χ4v) is 3.46. The van der Waals surface area contributed by atoms with E-state index in [0.717, 1.165) is 36.2 Å². The molecule has 0 saturated carbocycles. The van der Waals surface area contributed by atoms with Crippen molar-refractivity contribution in [1.29, 1.82) is 0 Å². The van der Waals surface area contributed by atoms with Gasteiger partial charge in [0.1, 0.15) is 6.33 Å². The lowest BCUT2D eigenvalue weighted by Gasteiger charge is -2.12. The standard InChI is InChI=1S/C26H20F3N3O/c27-26(28,29)20-10-8-19(9-11-20)23-3-1-2-4-24(23)25(33)32-22-13-6-18(7-14-22)5-12-21-15-16-30-17-31-21/h1-4,6-11,13-17H,5,12H2,(H,32,33). The topological polar surface area (TPSA) is 54.9 Å². The van der Waals surface area contributed by atoms with E-state index in [-0.39, 0.29) is 5.91 Å². The first-order chi connectivity index (χ1) is 15.9. The van der Waals surface area contributed by atoms with Crippen molar-refractivity contribution >= 4 is 11.6 Å². The average Bonchev–Trinajstić information content (AvgIpc) is 2.84. The number of nitrogens with one attached hydrogen (secondary N) is 1. The minimum Gasteiger partial charge on any atom is -0.322 e. The van der Waals surface area contributed by atoms with E-state index in [2.05, 4.69) is 15.3 Å². The Kier molecular flexibility index (Phi) is 6.49. The van der Waals surface area contributed by atoms with Crippen LogP contribution in [0.3, 0.4) is 0 Å². The molecular formula is C26H20F3N3O. The van der Waals surface area contributed by atoms with E-state index in [4.69, 9.17) is 0 Å². The predicted molar refractivity (Wildman–Crippen MR) is 121 cm³/mol. The molecule has 0 aliphatic heterocycles. The van der Waals surface area contributed by atoms with Gasteiger partial charge in [0, 0.05) is 23.1 Å². The maximum atomic E-state index is 12.9. The van der Waals surface area contributed by atoms with Gasteiger partial charge in [-0.05, 0) is 65.9 Å². The Hall–Kier alpha value is -4.00.